The average molecular weight is 165 g/mol. The van der Waals surface area contributed by atoms with Crippen LogP contribution in [0, 0.1) is 0 Å². The van der Waals surface area contributed by atoms with Gasteiger partial charge in [0.1, 0.15) is 0 Å². The fraction of sp³-hybridized carbons (Fsp3) is 1.00. The van der Waals surface area contributed by atoms with Crippen molar-refractivity contribution in [2.75, 3.05) is 26.7 Å². The normalized spacial score (nSPS) is 26.7. The van der Waals surface area contributed by atoms with E-state index in [0.717, 1.165) is 13.0 Å². The highest BCUT2D eigenvalue weighted by molar-refractivity contribution is 4.75. The van der Waals surface area contributed by atoms with Gasteiger partial charge in [0.2, 0.25) is 0 Å². The van der Waals surface area contributed by atoms with Gasteiger partial charge in [0.05, 0.1) is 12.6 Å². The summed E-state index contributed by atoms with van der Waals surface area (Å²) < 4.78 is 28.7. The summed E-state index contributed by atoms with van der Waals surface area (Å²) in [5, 5.41) is 0. The molecule has 0 bridgehead atoms. The Kier molecular flexibility index (Phi) is 3.20. The number of alkyl halides is 2. The second kappa shape index (κ2) is 3.97. The number of nitrogens with zero attached hydrogens (tertiary/aromatic N) is 1. The molecule has 1 rings (SSSR count). The number of halogens is 2. The molecule has 0 unspecified atom stereocenters. The third kappa shape index (κ3) is 2.71. The second-order valence-corrected chi connectivity index (χ2v) is 2.80. The molecule has 0 aromatic rings. The highest BCUT2D eigenvalue weighted by Gasteiger charge is 2.23. The first-order valence-electron chi connectivity index (χ1n) is 3.75. The summed E-state index contributed by atoms with van der Waals surface area (Å²) in [6.07, 6.45) is -1.18. The lowest BCUT2D eigenvalue weighted by atomic mass is 10.3. The van der Waals surface area contributed by atoms with Gasteiger partial charge < -0.3 is 4.74 Å². The van der Waals surface area contributed by atoms with Crippen LogP contribution in [0.25, 0.3) is 0 Å². The van der Waals surface area contributed by atoms with Gasteiger partial charge in [-0.1, -0.05) is 0 Å². The Bertz CT molecular complexity index is 121. The molecule has 4 heteroatoms. The predicted octanol–water partition coefficient (Wildman–Crippen LogP) is 0.972. The van der Waals surface area contributed by atoms with E-state index in [9.17, 15) is 8.78 Å². The molecule has 1 fully saturated rings. The second-order valence-electron chi connectivity index (χ2n) is 2.80. The SMILES string of the molecule is CO[C@H]1CCN(CC(F)F)C1. The average Bonchev–Trinajstić information content (AvgIpc) is 2.34. The lowest BCUT2D eigenvalue weighted by Gasteiger charge is -2.13. The molecule has 1 aliphatic heterocycles. The van der Waals surface area contributed by atoms with E-state index in [-0.39, 0.29) is 12.6 Å². The first-order chi connectivity index (χ1) is 5.22. The molecule has 0 saturated carbocycles. The van der Waals surface area contributed by atoms with Crippen LogP contribution in [0.15, 0.2) is 0 Å². The molecular weight excluding hydrogens is 152 g/mol. The van der Waals surface area contributed by atoms with Gasteiger partial charge in [0, 0.05) is 20.2 Å². The van der Waals surface area contributed by atoms with Gasteiger partial charge in [0.15, 0.2) is 0 Å². The summed E-state index contributed by atoms with van der Waals surface area (Å²) in [4.78, 5) is 1.73. The third-order valence-corrected chi connectivity index (χ3v) is 1.96. The van der Waals surface area contributed by atoms with Gasteiger partial charge in [-0.2, -0.15) is 0 Å². The van der Waals surface area contributed by atoms with Crippen LogP contribution >= 0.6 is 0 Å². The van der Waals surface area contributed by atoms with Crippen LogP contribution in [0.1, 0.15) is 6.42 Å². The standard InChI is InChI=1S/C7H13F2NO/c1-11-6-2-3-10(4-6)5-7(8)9/h6-7H,2-5H2,1H3/t6-/m0/s1. The quantitative estimate of drug-likeness (QED) is 0.618. The lowest BCUT2D eigenvalue weighted by molar-refractivity contribution is 0.0774. The maximum Gasteiger partial charge on any atom is 0.251 e. The first-order valence-corrected chi connectivity index (χ1v) is 3.75. The highest BCUT2D eigenvalue weighted by Crippen LogP contribution is 2.12. The summed E-state index contributed by atoms with van der Waals surface area (Å²) in [5.41, 5.74) is 0. The van der Waals surface area contributed by atoms with Crippen molar-refractivity contribution in [1.29, 1.82) is 0 Å². The van der Waals surface area contributed by atoms with Crippen molar-refractivity contribution in [2.24, 2.45) is 0 Å². The molecule has 1 saturated heterocycles. The van der Waals surface area contributed by atoms with E-state index in [1.807, 2.05) is 0 Å². The van der Waals surface area contributed by atoms with E-state index in [0.29, 0.717) is 6.54 Å². The van der Waals surface area contributed by atoms with Crippen molar-refractivity contribution in [1.82, 2.24) is 4.90 Å². The number of ether oxygens (including phenoxy) is 1. The molecule has 0 aliphatic carbocycles. The molecule has 1 aliphatic rings. The van der Waals surface area contributed by atoms with Crippen LogP contribution < -0.4 is 0 Å². The van der Waals surface area contributed by atoms with Crippen molar-refractivity contribution in [3.05, 3.63) is 0 Å². The van der Waals surface area contributed by atoms with Gasteiger partial charge in [-0.3, -0.25) is 4.90 Å². The molecule has 0 amide bonds. The summed E-state index contributed by atoms with van der Waals surface area (Å²) in [6, 6.07) is 0. The Hall–Kier alpha value is -0.220. The molecule has 0 N–H and O–H groups in total. The van der Waals surface area contributed by atoms with Gasteiger partial charge in [-0.25, -0.2) is 8.78 Å². The minimum Gasteiger partial charge on any atom is -0.380 e. The molecular formula is C7H13F2NO. The van der Waals surface area contributed by atoms with Crippen LogP contribution in [-0.4, -0.2) is 44.2 Å². The topological polar surface area (TPSA) is 12.5 Å². The monoisotopic (exact) mass is 165 g/mol. The smallest absolute Gasteiger partial charge is 0.251 e. The molecule has 0 spiro atoms. The van der Waals surface area contributed by atoms with E-state index in [1.165, 1.54) is 0 Å². The molecule has 2 nitrogen and oxygen atoms in total. The van der Waals surface area contributed by atoms with E-state index in [4.69, 9.17) is 4.74 Å². The van der Waals surface area contributed by atoms with Gasteiger partial charge in [-0.15, -0.1) is 0 Å². The summed E-state index contributed by atoms with van der Waals surface area (Å²) >= 11 is 0. The number of hydrogen-bond donors (Lipinski definition) is 0. The molecule has 0 aromatic carbocycles. The molecule has 66 valence electrons. The summed E-state index contributed by atoms with van der Waals surface area (Å²) in [6.45, 7) is 1.28. The fourth-order valence-electron chi connectivity index (χ4n) is 1.35. The number of hydrogen-bond acceptors (Lipinski definition) is 2. The Morgan fingerprint density at radius 2 is 2.36 bits per heavy atom. The third-order valence-electron chi connectivity index (χ3n) is 1.96. The lowest BCUT2D eigenvalue weighted by Crippen LogP contribution is -2.27. The maximum absolute atomic E-state index is 11.8. The number of likely N-dealkylation sites (tertiary alicyclic amines) is 1. The maximum atomic E-state index is 11.8. The van der Waals surface area contributed by atoms with Crippen molar-refractivity contribution in [3.8, 4) is 0 Å². The van der Waals surface area contributed by atoms with Crippen LogP contribution in [0.3, 0.4) is 0 Å². The fourth-order valence-corrected chi connectivity index (χ4v) is 1.35. The summed E-state index contributed by atoms with van der Waals surface area (Å²) in [5.74, 6) is 0. The predicted molar refractivity (Wildman–Crippen MR) is 37.9 cm³/mol. The van der Waals surface area contributed by atoms with Crippen LogP contribution in [0.2, 0.25) is 0 Å². The Balaban J connectivity index is 2.19. The number of methoxy groups -OCH3 is 1. The molecule has 11 heavy (non-hydrogen) atoms. The van der Waals surface area contributed by atoms with Crippen LogP contribution in [0.4, 0.5) is 8.78 Å². The Morgan fingerprint density at radius 1 is 1.64 bits per heavy atom. The largest absolute Gasteiger partial charge is 0.380 e. The zero-order chi connectivity index (χ0) is 8.27. The van der Waals surface area contributed by atoms with Gasteiger partial charge >= 0.3 is 0 Å². The molecule has 1 heterocycles. The van der Waals surface area contributed by atoms with Crippen LogP contribution in [0.5, 0.6) is 0 Å². The molecule has 0 radical (unpaired) electrons. The molecule has 0 aromatic heterocycles. The van der Waals surface area contributed by atoms with Crippen molar-refractivity contribution in [2.45, 2.75) is 19.0 Å². The molecule has 1 atom stereocenters. The zero-order valence-electron chi connectivity index (χ0n) is 6.59. The Labute approximate surface area is 65.1 Å². The zero-order valence-corrected chi connectivity index (χ0v) is 6.59. The first kappa shape index (κ1) is 8.87. The van der Waals surface area contributed by atoms with Crippen molar-refractivity contribution >= 4 is 0 Å². The minimum atomic E-state index is -2.22. The van der Waals surface area contributed by atoms with Crippen LogP contribution in [-0.2, 0) is 4.74 Å². The van der Waals surface area contributed by atoms with Gasteiger partial charge in [0.25, 0.3) is 6.43 Å². The highest BCUT2D eigenvalue weighted by atomic mass is 19.3. The van der Waals surface area contributed by atoms with Gasteiger partial charge in [-0.05, 0) is 6.42 Å². The Morgan fingerprint density at radius 3 is 2.82 bits per heavy atom. The van der Waals surface area contributed by atoms with E-state index < -0.39 is 6.43 Å². The van der Waals surface area contributed by atoms with E-state index >= 15 is 0 Å². The van der Waals surface area contributed by atoms with Crippen molar-refractivity contribution in [3.63, 3.8) is 0 Å². The summed E-state index contributed by atoms with van der Waals surface area (Å²) in [7, 11) is 1.62. The number of rotatable bonds is 3. The van der Waals surface area contributed by atoms with E-state index in [1.54, 1.807) is 12.0 Å². The minimum absolute atomic E-state index is 0.111. The van der Waals surface area contributed by atoms with Crippen molar-refractivity contribution < 1.29 is 13.5 Å². The van der Waals surface area contributed by atoms with E-state index in [2.05, 4.69) is 0 Å².